The van der Waals surface area contributed by atoms with E-state index in [2.05, 4.69) is 10.3 Å². The first-order valence-corrected chi connectivity index (χ1v) is 7.28. The number of hydrogen-bond donors (Lipinski definition) is 3. The van der Waals surface area contributed by atoms with E-state index >= 15 is 0 Å². The monoisotopic (exact) mass is 291 g/mol. The lowest BCUT2D eigenvalue weighted by Gasteiger charge is -2.18. The molecule has 1 amide bonds. The van der Waals surface area contributed by atoms with Gasteiger partial charge >= 0.3 is 5.97 Å². The Kier molecular flexibility index (Phi) is 4.77. The zero-order chi connectivity index (χ0) is 15.4. The van der Waals surface area contributed by atoms with Crippen molar-refractivity contribution in [3.05, 3.63) is 22.9 Å². The first-order valence-electron chi connectivity index (χ1n) is 7.28. The van der Waals surface area contributed by atoms with Gasteiger partial charge in [0.15, 0.2) is 0 Å². The maximum Gasteiger partial charge on any atom is 0.306 e. The second kappa shape index (κ2) is 6.56. The average Bonchev–Trinajstić information content (AvgIpc) is 2.46. The standard InChI is InChI=1S/C15H21N3O3/c1-9(15(20)21)6-7-17-14-11(13(16)19)8-10-4-2-3-5-12(10)18-14/h8-9H,2-7H2,1H3,(H2,16,19)(H,17,18)(H,20,21). The summed E-state index contributed by atoms with van der Waals surface area (Å²) < 4.78 is 0. The van der Waals surface area contributed by atoms with E-state index in [0.717, 1.165) is 36.9 Å². The van der Waals surface area contributed by atoms with Gasteiger partial charge in [-0.3, -0.25) is 9.59 Å². The van der Waals surface area contributed by atoms with Crippen LogP contribution in [-0.4, -0.2) is 28.5 Å². The lowest BCUT2D eigenvalue weighted by atomic mass is 9.94. The molecule has 6 heteroatoms. The van der Waals surface area contributed by atoms with Gasteiger partial charge < -0.3 is 16.2 Å². The number of amides is 1. The summed E-state index contributed by atoms with van der Waals surface area (Å²) in [7, 11) is 0. The van der Waals surface area contributed by atoms with Gasteiger partial charge in [0, 0.05) is 12.2 Å². The van der Waals surface area contributed by atoms with Gasteiger partial charge in [0.1, 0.15) is 5.82 Å². The highest BCUT2D eigenvalue weighted by molar-refractivity contribution is 5.97. The number of rotatable bonds is 6. The van der Waals surface area contributed by atoms with Crippen LogP contribution in [-0.2, 0) is 17.6 Å². The van der Waals surface area contributed by atoms with Crippen molar-refractivity contribution in [2.45, 2.75) is 39.0 Å². The fourth-order valence-corrected chi connectivity index (χ4v) is 2.49. The van der Waals surface area contributed by atoms with Crippen LogP contribution >= 0.6 is 0 Å². The van der Waals surface area contributed by atoms with Crippen LogP contribution in [0.15, 0.2) is 6.07 Å². The lowest BCUT2D eigenvalue weighted by Crippen LogP contribution is -2.20. The minimum absolute atomic E-state index is 0.388. The number of fused-ring (bicyclic) bond motifs is 1. The van der Waals surface area contributed by atoms with E-state index in [1.165, 1.54) is 0 Å². The van der Waals surface area contributed by atoms with Gasteiger partial charge in [0.05, 0.1) is 11.5 Å². The lowest BCUT2D eigenvalue weighted by molar-refractivity contribution is -0.141. The molecule has 0 saturated heterocycles. The van der Waals surface area contributed by atoms with E-state index in [1.807, 2.05) is 6.07 Å². The van der Waals surface area contributed by atoms with Gasteiger partial charge in [-0.05, 0) is 43.7 Å². The minimum Gasteiger partial charge on any atom is -0.481 e. The van der Waals surface area contributed by atoms with Crippen LogP contribution in [0.25, 0.3) is 0 Å². The number of aryl methyl sites for hydroxylation is 2. The average molecular weight is 291 g/mol. The highest BCUT2D eigenvalue weighted by Crippen LogP contribution is 2.24. The molecule has 1 aliphatic carbocycles. The summed E-state index contributed by atoms with van der Waals surface area (Å²) in [6, 6.07) is 1.83. The molecule has 1 atom stereocenters. The van der Waals surface area contributed by atoms with Crippen molar-refractivity contribution in [3.63, 3.8) is 0 Å². The predicted molar refractivity (Wildman–Crippen MR) is 79.3 cm³/mol. The first-order chi connectivity index (χ1) is 9.99. The number of aliphatic carboxylic acids is 1. The molecule has 1 aliphatic rings. The highest BCUT2D eigenvalue weighted by Gasteiger charge is 2.18. The van der Waals surface area contributed by atoms with Crippen molar-refractivity contribution < 1.29 is 14.7 Å². The van der Waals surface area contributed by atoms with E-state index < -0.39 is 17.8 Å². The fraction of sp³-hybridized carbons (Fsp3) is 0.533. The number of nitrogens with one attached hydrogen (secondary N) is 1. The number of carboxylic acid groups (broad SMARTS) is 1. The third-order valence-corrected chi connectivity index (χ3v) is 3.86. The van der Waals surface area contributed by atoms with Crippen LogP contribution in [0.4, 0.5) is 5.82 Å². The quantitative estimate of drug-likeness (QED) is 0.738. The molecule has 0 bridgehead atoms. The van der Waals surface area contributed by atoms with Crippen molar-refractivity contribution in [3.8, 4) is 0 Å². The van der Waals surface area contributed by atoms with Crippen LogP contribution < -0.4 is 11.1 Å². The second-order valence-corrected chi connectivity index (χ2v) is 5.52. The molecule has 114 valence electrons. The third-order valence-electron chi connectivity index (χ3n) is 3.86. The summed E-state index contributed by atoms with van der Waals surface area (Å²) in [5.74, 6) is -1.30. The Morgan fingerprint density at radius 2 is 2.14 bits per heavy atom. The Hall–Kier alpha value is -2.11. The highest BCUT2D eigenvalue weighted by atomic mass is 16.4. The molecule has 0 aliphatic heterocycles. The molecule has 0 spiro atoms. The number of nitrogens with two attached hydrogens (primary N) is 1. The Morgan fingerprint density at radius 1 is 1.43 bits per heavy atom. The van der Waals surface area contributed by atoms with Gasteiger partial charge in [-0.25, -0.2) is 4.98 Å². The Bertz CT molecular complexity index is 557. The Labute approximate surface area is 123 Å². The number of primary amides is 1. The molecule has 0 radical (unpaired) electrons. The van der Waals surface area contributed by atoms with Crippen molar-refractivity contribution in [2.75, 3.05) is 11.9 Å². The normalized spacial score (nSPS) is 15.1. The van der Waals surface area contributed by atoms with Crippen LogP contribution in [0.2, 0.25) is 0 Å². The van der Waals surface area contributed by atoms with Gasteiger partial charge in [0.2, 0.25) is 0 Å². The molecule has 4 N–H and O–H groups in total. The van der Waals surface area contributed by atoms with Crippen molar-refractivity contribution in [2.24, 2.45) is 11.7 Å². The van der Waals surface area contributed by atoms with Gasteiger partial charge in [-0.1, -0.05) is 6.92 Å². The number of nitrogens with zero attached hydrogens (tertiary/aromatic N) is 1. The van der Waals surface area contributed by atoms with E-state index in [9.17, 15) is 9.59 Å². The number of hydrogen-bond acceptors (Lipinski definition) is 4. The third kappa shape index (κ3) is 3.71. The van der Waals surface area contributed by atoms with E-state index in [-0.39, 0.29) is 0 Å². The fourth-order valence-electron chi connectivity index (χ4n) is 2.49. The molecule has 1 aromatic rings. The molecule has 6 nitrogen and oxygen atoms in total. The predicted octanol–water partition coefficient (Wildman–Crippen LogP) is 1.58. The van der Waals surface area contributed by atoms with Crippen LogP contribution in [0.3, 0.4) is 0 Å². The molecule has 2 rings (SSSR count). The molecule has 1 aromatic heterocycles. The second-order valence-electron chi connectivity index (χ2n) is 5.52. The van der Waals surface area contributed by atoms with Gasteiger partial charge in [-0.2, -0.15) is 0 Å². The maximum atomic E-state index is 11.6. The van der Waals surface area contributed by atoms with Crippen LogP contribution in [0.5, 0.6) is 0 Å². The summed E-state index contributed by atoms with van der Waals surface area (Å²) in [5.41, 5.74) is 7.91. The topological polar surface area (TPSA) is 105 Å². The van der Waals surface area contributed by atoms with Crippen molar-refractivity contribution in [1.82, 2.24) is 4.98 Å². The molecule has 0 aromatic carbocycles. The largest absolute Gasteiger partial charge is 0.481 e. The van der Waals surface area contributed by atoms with Crippen molar-refractivity contribution >= 4 is 17.7 Å². The molecule has 0 saturated carbocycles. The summed E-state index contributed by atoms with van der Waals surface area (Å²) >= 11 is 0. The number of carbonyl (C=O) groups excluding carboxylic acids is 1. The van der Waals surface area contributed by atoms with E-state index in [4.69, 9.17) is 10.8 Å². The minimum atomic E-state index is -0.828. The summed E-state index contributed by atoms with van der Waals surface area (Å²) in [6.07, 6.45) is 4.51. The zero-order valence-electron chi connectivity index (χ0n) is 12.2. The molecule has 1 unspecified atom stereocenters. The molecule has 0 fully saturated rings. The van der Waals surface area contributed by atoms with Gasteiger partial charge in [0.25, 0.3) is 5.91 Å². The number of pyridine rings is 1. The number of anilines is 1. The Balaban J connectivity index is 2.13. The number of aromatic nitrogens is 1. The van der Waals surface area contributed by atoms with E-state index in [1.54, 1.807) is 6.92 Å². The Morgan fingerprint density at radius 3 is 2.81 bits per heavy atom. The number of carboxylic acids is 1. The smallest absolute Gasteiger partial charge is 0.306 e. The summed E-state index contributed by atoms with van der Waals surface area (Å²) in [4.78, 5) is 26.9. The number of carbonyl (C=O) groups is 2. The summed E-state index contributed by atoms with van der Waals surface area (Å²) in [5, 5.41) is 11.9. The molecule has 1 heterocycles. The molecular formula is C15H21N3O3. The van der Waals surface area contributed by atoms with E-state index in [0.29, 0.717) is 24.3 Å². The van der Waals surface area contributed by atoms with Gasteiger partial charge in [-0.15, -0.1) is 0 Å². The molecular weight excluding hydrogens is 270 g/mol. The summed E-state index contributed by atoms with van der Waals surface area (Å²) in [6.45, 7) is 2.10. The molecule has 21 heavy (non-hydrogen) atoms. The van der Waals surface area contributed by atoms with Crippen molar-refractivity contribution in [1.29, 1.82) is 0 Å². The SMILES string of the molecule is CC(CCNc1nc2c(cc1C(N)=O)CCCC2)C(=O)O. The van der Waals surface area contributed by atoms with Crippen LogP contribution in [0.1, 0.15) is 47.8 Å². The zero-order valence-corrected chi connectivity index (χ0v) is 12.2. The van der Waals surface area contributed by atoms with Crippen LogP contribution in [0, 0.1) is 5.92 Å². The maximum absolute atomic E-state index is 11.6. The first kappa shape index (κ1) is 15.3.